The smallest absolute Gasteiger partial charge is 0.253 e. The number of carbonyl (C=O) groups is 2. The number of methoxy groups -OCH3 is 1. The monoisotopic (exact) mass is 352 g/mol. The van der Waals surface area contributed by atoms with Crippen LogP contribution < -0.4 is 10.1 Å². The zero-order chi connectivity index (χ0) is 18.4. The molecule has 2 amide bonds. The van der Waals surface area contributed by atoms with Crippen LogP contribution in [0.1, 0.15) is 28.8 Å². The van der Waals surface area contributed by atoms with Crippen LogP contribution in [0.15, 0.2) is 54.6 Å². The molecule has 136 valence electrons. The second-order valence-electron chi connectivity index (χ2n) is 6.52. The van der Waals surface area contributed by atoms with E-state index < -0.39 is 0 Å². The predicted octanol–water partition coefficient (Wildman–Crippen LogP) is 2.66. The van der Waals surface area contributed by atoms with Gasteiger partial charge in [-0.1, -0.05) is 30.3 Å². The van der Waals surface area contributed by atoms with Crippen molar-refractivity contribution in [1.29, 1.82) is 0 Å². The molecule has 1 N–H and O–H groups in total. The molecule has 1 saturated heterocycles. The molecule has 0 saturated carbocycles. The van der Waals surface area contributed by atoms with E-state index in [-0.39, 0.29) is 17.9 Å². The van der Waals surface area contributed by atoms with Gasteiger partial charge in [0.2, 0.25) is 5.91 Å². The lowest BCUT2D eigenvalue weighted by molar-refractivity contribution is -0.121. The first-order valence-corrected chi connectivity index (χ1v) is 8.92. The van der Waals surface area contributed by atoms with Gasteiger partial charge in [-0.2, -0.15) is 0 Å². The number of rotatable bonds is 5. The number of ether oxygens (including phenoxy) is 1. The van der Waals surface area contributed by atoms with Crippen molar-refractivity contribution in [3.63, 3.8) is 0 Å². The summed E-state index contributed by atoms with van der Waals surface area (Å²) in [4.78, 5) is 26.6. The Labute approximate surface area is 154 Å². The Morgan fingerprint density at radius 3 is 2.31 bits per heavy atom. The SMILES string of the molecule is COc1ccc(CC(=O)NC2CCN(C(=O)c3ccccc3)CC2)cc1. The van der Waals surface area contributed by atoms with Gasteiger partial charge < -0.3 is 15.0 Å². The van der Waals surface area contributed by atoms with Crippen LogP contribution in [0.4, 0.5) is 0 Å². The number of benzene rings is 2. The van der Waals surface area contributed by atoms with Crippen molar-refractivity contribution in [2.75, 3.05) is 20.2 Å². The van der Waals surface area contributed by atoms with E-state index in [2.05, 4.69) is 5.32 Å². The molecule has 0 radical (unpaired) electrons. The van der Waals surface area contributed by atoms with E-state index in [1.807, 2.05) is 59.5 Å². The minimum absolute atomic E-state index is 0.0167. The number of amides is 2. The van der Waals surface area contributed by atoms with Crippen LogP contribution in [-0.4, -0.2) is 43.0 Å². The highest BCUT2D eigenvalue weighted by Crippen LogP contribution is 2.15. The number of likely N-dealkylation sites (tertiary alicyclic amines) is 1. The van der Waals surface area contributed by atoms with Crippen molar-refractivity contribution in [3.8, 4) is 5.75 Å². The molecule has 3 rings (SSSR count). The van der Waals surface area contributed by atoms with E-state index in [1.54, 1.807) is 7.11 Å². The molecule has 0 aliphatic carbocycles. The van der Waals surface area contributed by atoms with Crippen LogP contribution >= 0.6 is 0 Å². The van der Waals surface area contributed by atoms with Crippen molar-refractivity contribution in [2.45, 2.75) is 25.3 Å². The molecule has 0 bridgehead atoms. The molecule has 5 nitrogen and oxygen atoms in total. The van der Waals surface area contributed by atoms with Gasteiger partial charge in [0.1, 0.15) is 5.75 Å². The number of carbonyl (C=O) groups excluding carboxylic acids is 2. The molecule has 0 spiro atoms. The predicted molar refractivity (Wildman–Crippen MR) is 100 cm³/mol. The molecule has 2 aromatic rings. The van der Waals surface area contributed by atoms with Gasteiger partial charge in [0.05, 0.1) is 13.5 Å². The summed E-state index contributed by atoms with van der Waals surface area (Å²) in [5.41, 5.74) is 1.68. The van der Waals surface area contributed by atoms with Gasteiger partial charge in [0.15, 0.2) is 0 Å². The summed E-state index contributed by atoms with van der Waals surface area (Å²) in [5, 5.41) is 3.09. The van der Waals surface area contributed by atoms with E-state index in [4.69, 9.17) is 4.74 Å². The second kappa shape index (κ2) is 8.52. The highest BCUT2D eigenvalue weighted by atomic mass is 16.5. The quantitative estimate of drug-likeness (QED) is 0.900. The fraction of sp³-hybridized carbons (Fsp3) is 0.333. The Bertz CT molecular complexity index is 736. The van der Waals surface area contributed by atoms with Crippen LogP contribution in [0.5, 0.6) is 5.75 Å². The Morgan fingerprint density at radius 2 is 1.69 bits per heavy atom. The third-order valence-corrected chi connectivity index (χ3v) is 4.69. The second-order valence-corrected chi connectivity index (χ2v) is 6.52. The van der Waals surface area contributed by atoms with Gasteiger partial charge in [0, 0.05) is 24.7 Å². The van der Waals surface area contributed by atoms with Gasteiger partial charge >= 0.3 is 0 Å². The average molecular weight is 352 g/mol. The fourth-order valence-corrected chi connectivity index (χ4v) is 3.20. The lowest BCUT2D eigenvalue weighted by atomic mass is 10.0. The molecule has 1 heterocycles. The maximum atomic E-state index is 12.5. The van der Waals surface area contributed by atoms with E-state index in [9.17, 15) is 9.59 Å². The Hall–Kier alpha value is -2.82. The maximum Gasteiger partial charge on any atom is 0.253 e. The Kier molecular flexibility index (Phi) is 5.89. The van der Waals surface area contributed by atoms with Crippen LogP contribution in [0.3, 0.4) is 0 Å². The van der Waals surface area contributed by atoms with Gasteiger partial charge in [-0.25, -0.2) is 0 Å². The summed E-state index contributed by atoms with van der Waals surface area (Å²) >= 11 is 0. The van der Waals surface area contributed by atoms with Crippen molar-refractivity contribution >= 4 is 11.8 Å². The summed E-state index contributed by atoms with van der Waals surface area (Å²) in [6.07, 6.45) is 1.92. The summed E-state index contributed by atoms with van der Waals surface area (Å²) in [5.74, 6) is 0.862. The standard InChI is InChI=1S/C21H24N2O3/c1-26-19-9-7-16(8-10-19)15-20(24)22-18-11-13-23(14-12-18)21(25)17-5-3-2-4-6-17/h2-10,18H,11-15H2,1H3,(H,22,24). The molecular weight excluding hydrogens is 328 g/mol. The summed E-state index contributed by atoms with van der Waals surface area (Å²) < 4.78 is 5.12. The Balaban J connectivity index is 1.46. The first-order valence-electron chi connectivity index (χ1n) is 8.92. The number of nitrogens with zero attached hydrogens (tertiary/aromatic N) is 1. The van der Waals surface area contributed by atoms with Gasteiger partial charge in [-0.05, 0) is 42.7 Å². The highest BCUT2D eigenvalue weighted by molar-refractivity contribution is 5.94. The summed E-state index contributed by atoms with van der Waals surface area (Å²) in [7, 11) is 1.62. The topological polar surface area (TPSA) is 58.6 Å². The van der Waals surface area contributed by atoms with E-state index in [0.717, 1.165) is 29.7 Å². The molecule has 5 heteroatoms. The average Bonchev–Trinajstić information content (AvgIpc) is 2.69. The molecule has 1 aliphatic rings. The van der Waals surface area contributed by atoms with Gasteiger partial charge in [-0.15, -0.1) is 0 Å². The van der Waals surface area contributed by atoms with Crippen molar-refractivity contribution in [2.24, 2.45) is 0 Å². The number of hydrogen-bond acceptors (Lipinski definition) is 3. The van der Waals surface area contributed by atoms with E-state index in [0.29, 0.717) is 19.5 Å². The zero-order valence-electron chi connectivity index (χ0n) is 15.0. The number of nitrogens with one attached hydrogen (secondary N) is 1. The third kappa shape index (κ3) is 4.63. The van der Waals surface area contributed by atoms with Crippen LogP contribution in [-0.2, 0) is 11.2 Å². The molecule has 2 aromatic carbocycles. The number of piperidine rings is 1. The first-order chi connectivity index (χ1) is 12.7. The first kappa shape index (κ1) is 18.0. The minimum atomic E-state index is 0.0167. The molecule has 0 atom stereocenters. The van der Waals surface area contributed by atoms with Crippen molar-refractivity contribution < 1.29 is 14.3 Å². The molecule has 1 aliphatic heterocycles. The van der Waals surface area contributed by atoms with Crippen molar-refractivity contribution in [3.05, 3.63) is 65.7 Å². The maximum absolute atomic E-state index is 12.5. The Morgan fingerprint density at radius 1 is 1.04 bits per heavy atom. The molecule has 26 heavy (non-hydrogen) atoms. The largest absolute Gasteiger partial charge is 0.497 e. The van der Waals surface area contributed by atoms with Crippen LogP contribution in [0.2, 0.25) is 0 Å². The zero-order valence-corrected chi connectivity index (χ0v) is 15.0. The van der Waals surface area contributed by atoms with Crippen LogP contribution in [0, 0.1) is 0 Å². The third-order valence-electron chi connectivity index (χ3n) is 4.69. The summed E-state index contributed by atoms with van der Waals surface area (Å²) in [6.45, 7) is 1.34. The molecule has 0 unspecified atom stereocenters. The molecule has 0 aromatic heterocycles. The van der Waals surface area contributed by atoms with Gasteiger partial charge in [-0.3, -0.25) is 9.59 Å². The normalized spacial score (nSPS) is 14.7. The molecular formula is C21H24N2O3. The summed E-state index contributed by atoms with van der Waals surface area (Å²) in [6, 6.07) is 17.0. The number of hydrogen-bond donors (Lipinski definition) is 1. The fourth-order valence-electron chi connectivity index (χ4n) is 3.20. The molecule has 1 fully saturated rings. The van der Waals surface area contributed by atoms with Crippen LogP contribution in [0.25, 0.3) is 0 Å². The van der Waals surface area contributed by atoms with Crippen molar-refractivity contribution in [1.82, 2.24) is 10.2 Å². The van der Waals surface area contributed by atoms with E-state index >= 15 is 0 Å². The lowest BCUT2D eigenvalue weighted by Gasteiger charge is -2.32. The minimum Gasteiger partial charge on any atom is -0.497 e. The van der Waals surface area contributed by atoms with Gasteiger partial charge in [0.25, 0.3) is 5.91 Å². The lowest BCUT2D eigenvalue weighted by Crippen LogP contribution is -2.46. The van der Waals surface area contributed by atoms with E-state index in [1.165, 1.54) is 0 Å². The highest BCUT2D eigenvalue weighted by Gasteiger charge is 2.24.